The van der Waals surface area contributed by atoms with Gasteiger partial charge in [-0.25, -0.2) is 0 Å². The molecule has 0 fully saturated rings. The van der Waals surface area contributed by atoms with Crippen molar-refractivity contribution >= 4 is 44.7 Å². The molecular formula is C16H19BrN6. The van der Waals surface area contributed by atoms with Crippen LogP contribution in [0.1, 0.15) is 13.8 Å². The Bertz CT molecular complexity index is 781. The molecule has 2 heterocycles. The van der Waals surface area contributed by atoms with Crippen molar-refractivity contribution in [2.75, 3.05) is 16.3 Å². The Morgan fingerprint density at radius 1 is 1.35 bits per heavy atom. The molecule has 6 nitrogen and oxygen atoms in total. The lowest BCUT2D eigenvalue weighted by molar-refractivity contribution is 0.753. The smallest absolute Gasteiger partial charge is 0.111 e. The van der Waals surface area contributed by atoms with E-state index < -0.39 is 0 Å². The van der Waals surface area contributed by atoms with Gasteiger partial charge in [-0.15, -0.1) is 0 Å². The highest BCUT2D eigenvalue weighted by Crippen LogP contribution is 2.40. The van der Waals surface area contributed by atoms with Crippen molar-refractivity contribution in [2.45, 2.75) is 13.8 Å². The molecule has 0 spiro atoms. The van der Waals surface area contributed by atoms with Crippen molar-refractivity contribution < 1.29 is 0 Å². The van der Waals surface area contributed by atoms with Gasteiger partial charge >= 0.3 is 0 Å². The Hall–Kier alpha value is -2.15. The van der Waals surface area contributed by atoms with Gasteiger partial charge in [0.05, 0.1) is 23.3 Å². The first kappa shape index (κ1) is 15.7. The topological polar surface area (TPSA) is 72.0 Å². The number of rotatable bonds is 1. The predicted octanol–water partition coefficient (Wildman–Crippen LogP) is 3.75. The zero-order chi connectivity index (χ0) is 16.7. The van der Waals surface area contributed by atoms with E-state index in [1.54, 1.807) is 16.5 Å². The highest BCUT2D eigenvalue weighted by molar-refractivity contribution is 9.10. The lowest BCUT2D eigenvalue weighted by atomic mass is 10.1. The van der Waals surface area contributed by atoms with Crippen LogP contribution >= 0.6 is 15.9 Å². The summed E-state index contributed by atoms with van der Waals surface area (Å²) in [4.78, 5) is 3.87. The molecule has 2 aromatic rings. The summed E-state index contributed by atoms with van der Waals surface area (Å²) < 4.78 is 2.74. The first-order valence-corrected chi connectivity index (χ1v) is 8.17. The maximum atomic E-state index is 8.49. The number of benzene rings is 1. The van der Waals surface area contributed by atoms with Crippen LogP contribution in [0.3, 0.4) is 0 Å². The molecule has 1 aliphatic heterocycles. The number of amidine groups is 2. The second kappa shape index (κ2) is 5.81. The molecule has 23 heavy (non-hydrogen) atoms. The van der Waals surface area contributed by atoms with Crippen molar-refractivity contribution in [3.8, 4) is 0 Å². The average Bonchev–Trinajstić information content (AvgIpc) is 2.87. The molecule has 7 heteroatoms. The van der Waals surface area contributed by atoms with Gasteiger partial charge in [-0.05, 0) is 25.1 Å². The van der Waals surface area contributed by atoms with Gasteiger partial charge in [-0.3, -0.25) is 20.4 Å². The fourth-order valence-electron chi connectivity index (χ4n) is 2.86. The van der Waals surface area contributed by atoms with E-state index in [9.17, 15) is 0 Å². The molecular weight excluding hydrogens is 356 g/mol. The van der Waals surface area contributed by atoms with E-state index in [-0.39, 0.29) is 5.92 Å². The largest absolute Gasteiger partial charge is 0.336 e. The number of fused-ring (bicyclic) bond motifs is 1. The lowest BCUT2D eigenvalue weighted by Crippen LogP contribution is -2.38. The summed E-state index contributed by atoms with van der Waals surface area (Å²) in [6, 6.07) is 5.93. The molecule has 0 aliphatic carbocycles. The van der Waals surface area contributed by atoms with E-state index in [2.05, 4.69) is 25.9 Å². The third-order valence-electron chi connectivity index (χ3n) is 3.97. The van der Waals surface area contributed by atoms with Crippen LogP contribution in [-0.4, -0.2) is 28.0 Å². The third kappa shape index (κ3) is 2.76. The third-order valence-corrected chi connectivity index (χ3v) is 4.46. The summed E-state index contributed by atoms with van der Waals surface area (Å²) in [6.45, 7) is 4.40. The minimum absolute atomic E-state index is 0.0123. The summed E-state index contributed by atoms with van der Waals surface area (Å²) in [5, 5.41) is 20.9. The molecule has 2 N–H and O–H groups in total. The average molecular weight is 375 g/mol. The molecule has 1 aliphatic rings. The molecule has 120 valence electrons. The van der Waals surface area contributed by atoms with Crippen LogP contribution in [0.25, 0.3) is 0 Å². The lowest BCUT2D eigenvalue weighted by Gasteiger charge is -2.26. The molecule has 0 radical (unpaired) electrons. The summed E-state index contributed by atoms with van der Waals surface area (Å²) in [5.41, 5.74) is 2.79. The highest BCUT2D eigenvalue weighted by Gasteiger charge is 2.31. The number of anilines is 3. The van der Waals surface area contributed by atoms with Gasteiger partial charge in [0, 0.05) is 30.2 Å². The SMILES string of the molecule is CC(=N)N1C(=N)[C@H](C)CN(c2cnn(C)c2)c2cc(Br)ccc21. The molecule has 1 atom stereocenters. The quantitative estimate of drug-likeness (QED) is 0.589. The van der Waals surface area contributed by atoms with Gasteiger partial charge in [0.1, 0.15) is 11.7 Å². The van der Waals surface area contributed by atoms with E-state index >= 15 is 0 Å². The van der Waals surface area contributed by atoms with E-state index in [4.69, 9.17) is 10.8 Å². The first-order valence-electron chi connectivity index (χ1n) is 7.38. The fourth-order valence-corrected chi connectivity index (χ4v) is 3.21. The number of aromatic nitrogens is 2. The molecule has 0 saturated heterocycles. The standard InChI is InChI=1S/C16H19BrN6/c1-10-8-22(13-7-20-21(3)9-13)15-6-12(17)4-5-14(15)23(11(2)18)16(10)19/h4-7,9-10,18-19H,8H2,1-3H3/t10-/m1/s1. The van der Waals surface area contributed by atoms with E-state index in [0.29, 0.717) is 18.2 Å². The van der Waals surface area contributed by atoms with E-state index in [0.717, 1.165) is 21.5 Å². The molecule has 3 rings (SSSR count). The number of halogens is 1. The molecule has 0 saturated carbocycles. The van der Waals surface area contributed by atoms with Gasteiger partial charge in [-0.1, -0.05) is 22.9 Å². The maximum Gasteiger partial charge on any atom is 0.111 e. The van der Waals surface area contributed by atoms with Crippen LogP contribution in [0.2, 0.25) is 0 Å². The van der Waals surface area contributed by atoms with E-state index in [1.165, 1.54) is 0 Å². The molecule has 1 aromatic heterocycles. The Balaban J connectivity index is 2.22. The maximum absolute atomic E-state index is 8.49. The number of hydrogen-bond donors (Lipinski definition) is 2. The van der Waals surface area contributed by atoms with Crippen LogP contribution in [0.4, 0.5) is 17.1 Å². The zero-order valence-corrected chi connectivity index (χ0v) is 14.9. The van der Waals surface area contributed by atoms with Crippen molar-refractivity contribution in [3.05, 3.63) is 35.1 Å². The number of aryl methyl sites for hydroxylation is 1. The second-order valence-electron chi connectivity index (χ2n) is 5.82. The van der Waals surface area contributed by atoms with Crippen LogP contribution in [-0.2, 0) is 7.05 Å². The van der Waals surface area contributed by atoms with Crippen molar-refractivity contribution in [2.24, 2.45) is 13.0 Å². The first-order chi connectivity index (χ1) is 10.9. The van der Waals surface area contributed by atoms with E-state index in [1.807, 2.05) is 44.6 Å². The van der Waals surface area contributed by atoms with Gasteiger partial charge in [0.2, 0.25) is 0 Å². The summed E-state index contributed by atoms with van der Waals surface area (Å²) >= 11 is 3.54. The second-order valence-corrected chi connectivity index (χ2v) is 6.74. The van der Waals surface area contributed by atoms with Gasteiger partial charge in [-0.2, -0.15) is 5.10 Å². The Kier molecular flexibility index (Phi) is 3.97. The monoisotopic (exact) mass is 374 g/mol. The van der Waals surface area contributed by atoms with Crippen LogP contribution in [0.15, 0.2) is 35.1 Å². The van der Waals surface area contributed by atoms with Crippen molar-refractivity contribution in [3.63, 3.8) is 0 Å². The van der Waals surface area contributed by atoms with Crippen LogP contribution in [0.5, 0.6) is 0 Å². The normalized spacial score (nSPS) is 17.9. The molecule has 1 aromatic carbocycles. The summed E-state index contributed by atoms with van der Waals surface area (Å²) in [6.07, 6.45) is 3.79. The summed E-state index contributed by atoms with van der Waals surface area (Å²) in [7, 11) is 1.89. The summed E-state index contributed by atoms with van der Waals surface area (Å²) in [5.74, 6) is 0.771. The Morgan fingerprint density at radius 2 is 2.09 bits per heavy atom. The minimum Gasteiger partial charge on any atom is -0.336 e. The highest BCUT2D eigenvalue weighted by atomic mass is 79.9. The molecule has 0 bridgehead atoms. The number of hydrogen-bond acceptors (Lipinski definition) is 4. The Morgan fingerprint density at radius 3 is 2.70 bits per heavy atom. The van der Waals surface area contributed by atoms with Gasteiger partial charge < -0.3 is 4.90 Å². The Labute approximate surface area is 143 Å². The zero-order valence-electron chi connectivity index (χ0n) is 13.3. The van der Waals surface area contributed by atoms with Gasteiger partial charge in [0.25, 0.3) is 0 Å². The molecule has 0 unspecified atom stereocenters. The fraction of sp³-hybridized carbons (Fsp3) is 0.312. The number of nitrogens with one attached hydrogen (secondary N) is 2. The van der Waals surface area contributed by atoms with Crippen molar-refractivity contribution in [1.82, 2.24) is 9.78 Å². The molecule has 0 amide bonds. The minimum atomic E-state index is -0.0123. The van der Waals surface area contributed by atoms with Crippen LogP contribution in [0, 0.1) is 16.7 Å². The number of nitrogens with zero attached hydrogens (tertiary/aromatic N) is 4. The predicted molar refractivity (Wildman–Crippen MR) is 97.1 cm³/mol. The van der Waals surface area contributed by atoms with Crippen LogP contribution < -0.4 is 9.80 Å². The van der Waals surface area contributed by atoms with Crippen molar-refractivity contribution in [1.29, 1.82) is 10.8 Å². The van der Waals surface area contributed by atoms with Gasteiger partial charge in [0.15, 0.2) is 0 Å².